The molecule has 0 bridgehead atoms. The van der Waals surface area contributed by atoms with Crippen molar-refractivity contribution in [2.45, 2.75) is 4.90 Å². The van der Waals surface area contributed by atoms with Crippen molar-refractivity contribution in [3.8, 4) is 11.5 Å². The lowest BCUT2D eigenvalue weighted by Crippen LogP contribution is -2.39. The average molecular weight is 472 g/mol. The molecule has 0 spiro atoms. The molecular weight excluding hydrogens is 449 g/mol. The van der Waals surface area contributed by atoms with Gasteiger partial charge in [0.05, 0.1) is 31.0 Å². The van der Waals surface area contributed by atoms with Crippen molar-refractivity contribution in [1.82, 2.24) is 5.43 Å². The highest BCUT2D eigenvalue weighted by Gasteiger charge is 2.27. The van der Waals surface area contributed by atoms with Gasteiger partial charge >= 0.3 is 0 Å². The summed E-state index contributed by atoms with van der Waals surface area (Å²) >= 11 is 0. The quantitative estimate of drug-likeness (QED) is 0.382. The Morgan fingerprint density at radius 3 is 2.36 bits per heavy atom. The highest BCUT2D eigenvalue weighted by atomic mass is 32.2. The lowest BCUT2D eigenvalue weighted by atomic mass is 10.2. The van der Waals surface area contributed by atoms with Crippen molar-refractivity contribution >= 4 is 27.8 Å². The predicted molar refractivity (Wildman–Crippen MR) is 123 cm³/mol. The first-order valence-electron chi connectivity index (χ1n) is 9.72. The van der Waals surface area contributed by atoms with Crippen LogP contribution in [-0.4, -0.2) is 41.3 Å². The van der Waals surface area contributed by atoms with Crippen LogP contribution < -0.4 is 19.2 Å². The summed E-state index contributed by atoms with van der Waals surface area (Å²) in [6.07, 6.45) is 1.37. The molecule has 8 nitrogen and oxygen atoms in total. The van der Waals surface area contributed by atoms with E-state index in [4.69, 9.17) is 9.47 Å². The van der Waals surface area contributed by atoms with Crippen molar-refractivity contribution in [2.24, 2.45) is 5.10 Å². The van der Waals surface area contributed by atoms with E-state index in [-0.39, 0.29) is 10.6 Å². The first kappa shape index (κ1) is 23.7. The number of methoxy groups -OCH3 is 2. The number of hydrogen-bond acceptors (Lipinski definition) is 6. The molecule has 0 aliphatic carbocycles. The van der Waals surface area contributed by atoms with Crippen LogP contribution in [0.5, 0.6) is 11.5 Å². The van der Waals surface area contributed by atoms with Crippen molar-refractivity contribution in [3.05, 3.63) is 84.2 Å². The van der Waals surface area contributed by atoms with Crippen LogP contribution in [0.15, 0.2) is 82.8 Å². The summed E-state index contributed by atoms with van der Waals surface area (Å²) in [5.41, 5.74) is 3.02. The lowest BCUT2D eigenvalue weighted by molar-refractivity contribution is -0.119. The molecule has 0 heterocycles. The maximum absolute atomic E-state index is 13.4. The van der Waals surface area contributed by atoms with Crippen LogP contribution in [0.1, 0.15) is 5.56 Å². The van der Waals surface area contributed by atoms with Crippen LogP contribution in [0.3, 0.4) is 0 Å². The molecule has 0 aromatic heterocycles. The third-order valence-electron chi connectivity index (χ3n) is 4.57. The average Bonchev–Trinajstić information content (AvgIpc) is 2.83. The number of sulfonamides is 1. The zero-order valence-electron chi connectivity index (χ0n) is 17.9. The van der Waals surface area contributed by atoms with Gasteiger partial charge in [-0.25, -0.2) is 18.2 Å². The summed E-state index contributed by atoms with van der Waals surface area (Å²) in [5, 5.41) is 3.89. The van der Waals surface area contributed by atoms with E-state index in [1.165, 1.54) is 44.7 Å². The molecule has 3 aromatic carbocycles. The highest BCUT2D eigenvalue weighted by molar-refractivity contribution is 7.92. The Kier molecular flexibility index (Phi) is 7.62. The van der Waals surface area contributed by atoms with Gasteiger partial charge in [0.1, 0.15) is 23.9 Å². The summed E-state index contributed by atoms with van der Waals surface area (Å²) in [4.78, 5) is 12.6. The fourth-order valence-corrected chi connectivity index (χ4v) is 4.35. The van der Waals surface area contributed by atoms with E-state index in [0.717, 1.165) is 16.4 Å². The molecule has 172 valence electrons. The molecule has 1 N–H and O–H groups in total. The standard InChI is InChI=1S/C23H22FN3O5S/c1-31-20-13-8-17(22(14-20)32-2)15-25-26-23(28)16-27(19-11-9-18(24)10-12-19)33(29,30)21-6-4-3-5-7-21/h3-15H,16H2,1-2H3,(H,26,28)/b25-15-. The van der Waals surface area contributed by atoms with Gasteiger partial charge in [0.15, 0.2) is 0 Å². The van der Waals surface area contributed by atoms with Gasteiger partial charge in [-0.2, -0.15) is 5.10 Å². The van der Waals surface area contributed by atoms with Gasteiger partial charge in [0, 0.05) is 11.6 Å². The molecule has 0 radical (unpaired) electrons. The fourth-order valence-electron chi connectivity index (χ4n) is 2.91. The number of ether oxygens (including phenoxy) is 2. The van der Waals surface area contributed by atoms with Gasteiger partial charge in [-0.3, -0.25) is 9.10 Å². The smallest absolute Gasteiger partial charge is 0.264 e. The van der Waals surface area contributed by atoms with Crippen molar-refractivity contribution in [3.63, 3.8) is 0 Å². The minimum atomic E-state index is -4.09. The number of carbonyl (C=O) groups is 1. The first-order chi connectivity index (χ1) is 15.8. The number of halogens is 1. The molecule has 3 aromatic rings. The van der Waals surface area contributed by atoms with Crippen LogP contribution in [0.2, 0.25) is 0 Å². The van der Waals surface area contributed by atoms with E-state index in [0.29, 0.717) is 17.1 Å². The van der Waals surface area contributed by atoms with E-state index >= 15 is 0 Å². The van der Waals surface area contributed by atoms with Gasteiger partial charge in [-0.05, 0) is 48.5 Å². The number of rotatable bonds is 9. The van der Waals surface area contributed by atoms with Crippen LogP contribution in [-0.2, 0) is 14.8 Å². The minimum Gasteiger partial charge on any atom is -0.497 e. The number of hydrogen-bond donors (Lipinski definition) is 1. The molecule has 1 amide bonds. The largest absolute Gasteiger partial charge is 0.497 e. The van der Waals surface area contributed by atoms with Gasteiger partial charge in [-0.15, -0.1) is 0 Å². The highest BCUT2D eigenvalue weighted by Crippen LogP contribution is 2.24. The Balaban J connectivity index is 1.81. The van der Waals surface area contributed by atoms with E-state index in [1.807, 2.05) is 0 Å². The third kappa shape index (κ3) is 5.86. The normalized spacial score (nSPS) is 11.2. The molecule has 10 heteroatoms. The molecule has 0 aliphatic heterocycles. The topological polar surface area (TPSA) is 97.3 Å². The molecule has 3 rings (SSSR count). The summed E-state index contributed by atoms with van der Waals surface area (Å²) in [6.45, 7) is -0.569. The second-order valence-corrected chi connectivity index (χ2v) is 8.56. The Labute approximate surface area is 191 Å². The van der Waals surface area contributed by atoms with Gasteiger partial charge < -0.3 is 9.47 Å². The minimum absolute atomic E-state index is 0.00593. The van der Waals surface area contributed by atoms with Crippen molar-refractivity contribution in [2.75, 3.05) is 25.1 Å². The molecular formula is C23H22FN3O5S. The second kappa shape index (κ2) is 10.6. The number of benzene rings is 3. The van der Waals surface area contributed by atoms with Crippen LogP contribution >= 0.6 is 0 Å². The van der Waals surface area contributed by atoms with Gasteiger partial charge in [-0.1, -0.05) is 18.2 Å². The van der Waals surface area contributed by atoms with Crippen LogP contribution in [0, 0.1) is 5.82 Å². The Bertz CT molecular complexity index is 1230. The number of carbonyl (C=O) groups excluding carboxylic acids is 1. The Hall–Kier alpha value is -3.92. The number of anilines is 1. The lowest BCUT2D eigenvalue weighted by Gasteiger charge is -2.23. The molecule has 0 aliphatic rings. The molecule has 0 atom stereocenters. The summed E-state index contributed by atoms with van der Waals surface area (Å²) in [5.74, 6) is -0.151. The SMILES string of the molecule is COc1ccc(/C=N\NC(=O)CN(c2ccc(F)cc2)S(=O)(=O)c2ccccc2)c(OC)c1. The first-order valence-corrected chi connectivity index (χ1v) is 11.2. The van der Waals surface area contributed by atoms with E-state index < -0.39 is 28.3 Å². The van der Waals surface area contributed by atoms with E-state index in [1.54, 1.807) is 36.4 Å². The van der Waals surface area contributed by atoms with Gasteiger partial charge in [0.25, 0.3) is 15.9 Å². The third-order valence-corrected chi connectivity index (χ3v) is 6.35. The van der Waals surface area contributed by atoms with E-state index in [2.05, 4.69) is 10.5 Å². The maximum Gasteiger partial charge on any atom is 0.264 e. The Morgan fingerprint density at radius 2 is 1.73 bits per heavy atom. The van der Waals surface area contributed by atoms with Crippen molar-refractivity contribution < 1.29 is 27.1 Å². The molecule has 0 fully saturated rings. The van der Waals surface area contributed by atoms with Crippen molar-refractivity contribution in [1.29, 1.82) is 0 Å². The number of amides is 1. The molecule has 0 unspecified atom stereocenters. The Morgan fingerprint density at radius 1 is 1.03 bits per heavy atom. The predicted octanol–water partition coefficient (Wildman–Crippen LogP) is 3.19. The zero-order valence-corrected chi connectivity index (χ0v) is 18.8. The molecule has 0 saturated carbocycles. The number of hydrazone groups is 1. The zero-order chi connectivity index (χ0) is 23.8. The summed E-state index contributed by atoms with van der Waals surface area (Å²) in [7, 11) is -1.08. The number of nitrogens with one attached hydrogen (secondary N) is 1. The summed E-state index contributed by atoms with van der Waals surface area (Å²) < 4.78 is 51.0. The van der Waals surface area contributed by atoms with Crippen LogP contribution in [0.4, 0.5) is 10.1 Å². The summed E-state index contributed by atoms with van der Waals surface area (Å²) in [6, 6.07) is 17.5. The maximum atomic E-state index is 13.4. The van der Waals surface area contributed by atoms with Crippen LogP contribution in [0.25, 0.3) is 0 Å². The number of nitrogens with zero attached hydrogens (tertiary/aromatic N) is 2. The fraction of sp³-hybridized carbons (Fsp3) is 0.130. The monoisotopic (exact) mass is 471 g/mol. The molecule has 33 heavy (non-hydrogen) atoms. The van der Waals surface area contributed by atoms with Gasteiger partial charge in [0.2, 0.25) is 0 Å². The second-order valence-electron chi connectivity index (χ2n) is 6.70. The van der Waals surface area contributed by atoms with E-state index in [9.17, 15) is 17.6 Å². The molecule has 0 saturated heterocycles.